The Bertz CT molecular complexity index is 1700. The molecule has 42 heavy (non-hydrogen) atoms. The number of carbonyl (C=O) groups is 2. The molecule has 5 rings (SSSR count). The molecule has 10 nitrogen and oxygen atoms in total. The summed E-state index contributed by atoms with van der Waals surface area (Å²) in [5.74, 6) is -2.00. The number of aliphatic carboxylic acids is 1. The molecule has 11 heteroatoms. The topological polar surface area (TPSA) is 155 Å². The summed E-state index contributed by atoms with van der Waals surface area (Å²) in [5, 5.41) is 13.0. The third kappa shape index (κ3) is 6.06. The van der Waals surface area contributed by atoms with Gasteiger partial charge >= 0.3 is 5.97 Å². The van der Waals surface area contributed by atoms with E-state index in [0.717, 1.165) is 30.5 Å². The first-order chi connectivity index (χ1) is 20.2. The fraction of sp³-hybridized carbons (Fsp3) is 0.290. The number of nitrogens with zero attached hydrogens (tertiary/aromatic N) is 1. The first-order valence-corrected chi connectivity index (χ1v) is 15.5. The van der Waals surface area contributed by atoms with Crippen LogP contribution in [-0.4, -0.2) is 49.3 Å². The molecule has 3 aromatic carbocycles. The molecule has 0 saturated heterocycles. The molecule has 0 bridgehead atoms. The summed E-state index contributed by atoms with van der Waals surface area (Å²) < 4.78 is 33.0. The van der Waals surface area contributed by atoms with Gasteiger partial charge < -0.3 is 30.8 Å². The highest BCUT2D eigenvalue weighted by Gasteiger charge is 2.33. The van der Waals surface area contributed by atoms with Crippen molar-refractivity contribution in [1.29, 1.82) is 0 Å². The molecule has 0 saturated carbocycles. The number of nitrogens with two attached hydrogens (primary N) is 1. The number of para-hydroxylation sites is 2. The molecular weight excluding hydrogens is 556 g/mol. The second kappa shape index (κ2) is 12.2. The van der Waals surface area contributed by atoms with Gasteiger partial charge in [-0.2, -0.15) is 0 Å². The summed E-state index contributed by atoms with van der Waals surface area (Å²) in [7, 11) is -3.72. The van der Waals surface area contributed by atoms with E-state index in [4.69, 9.17) is 10.5 Å². The van der Waals surface area contributed by atoms with Crippen LogP contribution in [0.1, 0.15) is 37.8 Å². The minimum Gasteiger partial charge on any atom is -0.482 e. The predicted molar refractivity (Wildman–Crippen MR) is 162 cm³/mol. The number of fused-ring (bicyclic) bond motifs is 2. The number of carboxylic acids is 1. The molecule has 0 aliphatic carbocycles. The zero-order valence-corrected chi connectivity index (χ0v) is 24.1. The number of aromatic nitrogens is 1. The van der Waals surface area contributed by atoms with Crippen LogP contribution in [-0.2, 0) is 19.4 Å². The Kier molecular flexibility index (Phi) is 8.39. The van der Waals surface area contributed by atoms with E-state index in [0.29, 0.717) is 23.2 Å². The monoisotopic (exact) mass is 590 g/mol. The van der Waals surface area contributed by atoms with Crippen LogP contribution in [0.3, 0.4) is 0 Å². The number of hydrogen-bond acceptors (Lipinski definition) is 7. The SMILES string of the molecule is CCCCC1CN(c2ccccc2)c2cc(N)c(OCC(=O)NC(C(=O)O)c3c[nH]c4ccccc34)cc2S(=O)(=O)C1. The average Bonchev–Trinajstić information content (AvgIpc) is 3.36. The smallest absolute Gasteiger partial charge is 0.330 e. The quantitative estimate of drug-likeness (QED) is 0.192. The number of anilines is 3. The highest BCUT2D eigenvalue weighted by molar-refractivity contribution is 7.91. The van der Waals surface area contributed by atoms with Crippen molar-refractivity contribution in [3.63, 3.8) is 0 Å². The van der Waals surface area contributed by atoms with E-state index < -0.39 is 34.4 Å². The van der Waals surface area contributed by atoms with E-state index in [1.165, 1.54) is 6.07 Å². The van der Waals surface area contributed by atoms with Gasteiger partial charge in [0, 0.05) is 41.0 Å². The number of aromatic amines is 1. The van der Waals surface area contributed by atoms with Crippen molar-refractivity contribution in [2.45, 2.75) is 37.1 Å². The summed E-state index contributed by atoms with van der Waals surface area (Å²) in [6, 6.07) is 18.4. The van der Waals surface area contributed by atoms with Crippen molar-refractivity contribution in [2.24, 2.45) is 5.92 Å². The van der Waals surface area contributed by atoms with E-state index in [-0.39, 0.29) is 28.0 Å². The van der Waals surface area contributed by atoms with Gasteiger partial charge in [0.15, 0.2) is 22.5 Å². The number of sulfone groups is 1. The van der Waals surface area contributed by atoms with Gasteiger partial charge in [-0.05, 0) is 36.6 Å². The van der Waals surface area contributed by atoms with Gasteiger partial charge in [0.2, 0.25) is 0 Å². The third-order valence-electron chi connectivity index (χ3n) is 7.49. The van der Waals surface area contributed by atoms with E-state index in [1.807, 2.05) is 47.4 Å². The maximum atomic E-state index is 13.6. The average molecular weight is 591 g/mol. The van der Waals surface area contributed by atoms with E-state index >= 15 is 0 Å². The van der Waals surface area contributed by atoms with Gasteiger partial charge in [-0.3, -0.25) is 4.79 Å². The molecule has 1 amide bonds. The summed E-state index contributed by atoms with van der Waals surface area (Å²) in [4.78, 5) is 30.0. The Morgan fingerprint density at radius 2 is 1.88 bits per heavy atom. The normalized spacial score (nSPS) is 16.8. The van der Waals surface area contributed by atoms with Crippen molar-refractivity contribution in [2.75, 3.05) is 29.5 Å². The van der Waals surface area contributed by atoms with Gasteiger partial charge in [-0.15, -0.1) is 0 Å². The number of carbonyl (C=O) groups excluding carboxylic acids is 1. The standard InChI is InChI=1S/C31H34N4O6S/c1-2-3-9-20-17-35(21-10-5-4-6-11-21)26-14-24(32)27(15-28(26)42(39,40)19-20)41-18-29(36)34-30(31(37)38)23-16-33-25-13-8-7-12-22(23)25/h4-8,10-16,20,30,33H,2-3,9,17-19,32H2,1H3,(H,34,36)(H,37,38). The molecule has 1 aromatic heterocycles. The predicted octanol–water partition coefficient (Wildman–Crippen LogP) is 4.80. The van der Waals surface area contributed by atoms with Gasteiger partial charge in [0.25, 0.3) is 5.91 Å². The number of unbranched alkanes of at least 4 members (excludes halogenated alkanes) is 1. The maximum absolute atomic E-state index is 13.6. The number of H-pyrrole nitrogens is 1. The van der Waals surface area contributed by atoms with Crippen molar-refractivity contribution in [3.05, 3.63) is 78.5 Å². The lowest BCUT2D eigenvalue weighted by Gasteiger charge is -2.28. The molecule has 4 aromatic rings. The lowest BCUT2D eigenvalue weighted by molar-refractivity contribution is -0.142. The zero-order valence-electron chi connectivity index (χ0n) is 23.2. The Morgan fingerprint density at radius 3 is 2.62 bits per heavy atom. The molecule has 2 unspecified atom stereocenters. The summed E-state index contributed by atoms with van der Waals surface area (Å²) >= 11 is 0. The molecule has 2 heterocycles. The van der Waals surface area contributed by atoms with Crippen LogP contribution in [0.5, 0.6) is 5.75 Å². The number of nitrogen functional groups attached to an aromatic ring is 1. The fourth-order valence-electron chi connectivity index (χ4n) is 5.43. The van der Waals surface area contributed by atoms with Crippen LogP contribution in [0, 0.1) is 5.92 Å². The van der Waals surface area contributed by atoms with Crippen molar-refractivity contribution < 1.29 is 27.9 Å². The lowest BCUT2D eigenvalue weighted by atomic mass is 10.0. The number of rotatable bonds is 10. The van der Waals surface area contributed by atoms with Crippen LogP contribution < -0.4 is 20.7 Å². The van der Waals surface area contributed by atoms with Crippen molar-refractivity contribution in [1.82, 2.24) is 10.3 Å². The van der Waals surface area contributed by atoms with Crippen LogP contribution >= 0.6 is 0 Å². The Hall–Kier alpha value is -4.51. The third-order valence-corrected chi connectivity index (χ3v) is 9.40. The molecule has 2 atom stereocenters. The maximum Gasteiger partial charge on any atom is 0.330 e. The molecule has 220 valence electrons. The zero-order chi connectivity index (χ0) is 29.9. The minimum atomic E-state index is -3.72. The molecule has 0 radical (unpaired) electrons. The second-order valence-corrected chi connectivity index (χ2v) is 12.5. The number of benzene rings is 3. The second-order valence-electron chi connectivity index (χ2n) is 10.5. The minimum absolute atomic E-state index is 0.0158. The van der Waals surface area contributed by atoms with Crippen LogP contribution in [0.4, 0.5) is 17.1 Å². The van der Waals surface area contributed by atoms with Crippen molar-refractivity contribution in [3.8, 4) is 5.75 Å². The number of hydrogen-bond donors (Lipinski definition) is 4. The number of carboxylic acid groups (broad SMARTS) is 1. The highest BCUT2D eigenvalue weighted by atomic mass is 32.2. The number of amides is 1. The number of ether oxygens (including phenoxy) is 1. The largest absolute Gasteiger partial charge is 0.482 e. The molecule has 0 fully saturated rings. The van der Waals surface area contributed by atoms with Gasteiger partial charge in [-0.1, -0.05) is 56.2 Å². The fourth-order valence-corrected chi connectivity index (χ4v) is 7.28. The molecule has 1 aliphatic heterocycles. The number of nitrogens with one attached hydrogen (secondary N) is 2. The molecular formula is C31H34N4O6S. The summed E-state index contributed by atoms with van der Waals surface area (Å²) in [6.45, 7) is 2.04. The summed E-state index contributed by atoms with van der Waals surface area (Å²) in [5.41, 5.74) is 8.95. The first-order valence-electron chi connectivity index (χ1n) is 13.9. The van der Waals surface area contributed by atoms with Crippen LogP contribution in [0.2, 0.25) is 0 Å². The van der Waals surface area contributed by atoms with Gasteiger partial charge in [0.1, 0.15) is 5.75 Å². The van der Waals surface area contributed by atoms with E-state index in [2.05, 4.69) is 17.2 Å². The van der Waals surface area contributed by atoms with E-state index in [9.17, 15) is 23.1 Å². The van der Waals surface area contributed by atoms with E-state index in [1.54, 1.807) is 24.4 Å². The summed E-state index contributed by atoms with van der Waals surface area (Å²) in [6.07, 6.45) is 4.20. The van der Waals surface area contributed by atoms with Crippen LogP contribution in [0.15, 0.2) is 77.8 Å². The lowest BCUT2D eigenvalue weighted by Crippen LogP contribution is -2.36. The Balaban J connectivity index is 1.40. The van der Waals surface area contributed by atoms with Crippen LogP contribution in [0.25, 0.3) is 10.9 Å². The Labute approximate surface area is 244 Å². The van der Waals surface area contributed by atoms with Gasteiger partial charge in [-0.25, -0.2) is 13.2 Å². The highest BCUT2D eigenvalue weighted by Crippen LogP contribution is 2.42. The Morgan fingerprint density at radius 1 is 1.14 bits per heavy atom. The first kappa shape index (κ1) is 29.0. The van der Waals surface area contributed by atoms with Gasteiger partial charge in [0.05, 0.1) is 22.0 Å². The van der Waals surface area contributed by atoms with Crippen molar-refractivity contribution >= 4 is 49.7 Å². The molecule has 1 aliphatic rings. The molecule has 0 spiro atoms. The molecule has 5 N–H and O–H groups in total.